The SMILES string of the molecule is COCCNc1ccc(C(=O)N2CCCN(C(=O)OC)CC2)cc1[N+](=O)[O-]. The van der Waals surface area contributed by atoms with Gasteiger partial charge in [0, 0.05) is 51.5 Å². The van der Waals surface area contributed by atoms with Crippen molar-refractivity contribution in [3.63, 3.8) is 0 Å². The molecule has 0 aliphatic carbocycles. The summed E-state index contributed by atoms with van der Waals surface area (Å²) < 4.78 is 9.63. The van der Waals surface area contributed by atoms with Crippen LogP contribution in [0.25, 0.3) is 0 Å². The third-order valence-electron chi connectivity index (χ3n) is 4.28. The number of benzene rings is 1. The van der Waals surface area contributed by atoms with Gasteiger partial charge < -0.3 is 24.6 Å². The molecular weight excluding hydrogens is 356 g/mol. The zero-order valence-corrected chi connectivity index (χ0v) is 15.5. The van der Waals surface area contributed by atoms with E-state index in [9.17, 15) is 19.7 Å². The number of hydrogen-bond donors (Lipinski definition) is 1. The second kappa shape index (κ2) is 9.72. The molecule has 1 saturated heterocycles. The summed E-state index contributed by atoms with van der Waals surface area (Å²) in [5.74, 6) is -0.298. The highest BCUT2D eigenvalue weighted by Crippen LogP contribution is 2.26. The monoisotopic (exact) mass is 380 g/mol. The molecule has 2 rings (SSSR count). The lowest BCUT2D eigenvalue weighted by atomic mass is 10.1. The number of nitrogens with one attached hydrogen (secondary N) is 1. The van der Waals surface area contributed by atoms with E-state index in [1.807, 2.05) is 0 Å². The van der Waals surface area contributed by atoms with Gasteiger partial charge in [-0.15, -0.1) is 0 Å². The zero-order chi connectivity index (χ0) is 19.8. The minimum atomic E-state index is -0.521. The van der Waals surface area contributed by atoms with E-state index in [-0.39, 0.29) is 17.2 Å². The van der Waals surface area contributed by atoms with Gasteiger partial charge in [0.1, 0.15) is 5.69 Å². The first kappa shape index (κ1) is 20.4. The molecule has 1 aliphatic rings. The fourth-order valence-electron chi connectivity index (χ4n) is 2.87. The van der Waals surface area contributed by atoms with Crippen LogP contribution in [0.3, 0.4) is 0 Å². The third kappa shape index (κ3) is 5.30. The predicted molar refractivity (Wildman–Crippen MR) is 98.0 cm³/mol. The number of rotatable bonds is 6. The summed E-state index contributed by atoms with van der Waals surface area (Å²) in [6.45, 7) is 2.49. The van der Waals surface area contributed by atoms with Crippen molar-refractivity contribution in [3.05, 3.63) is 33.9 Å². The van der Waals surface area contributed by atoms with Crippen LogP contribution >= 0.6 is 0 Å². The Morgan fingerprint density at radius 3 is 2.56 bits per heavy atom. The summed E-state index contributed by atoms with van der Waals surface area (Å²) in [5.41, 5.74) is 0.412. The second-order valence-corrected chi connectivity index (χ2v) is 6.01. The van der Waals surface area contributed by atoms with Crippen LogP contribution in [0.1, 0.15) is 16.8 Å². The summed E-state index contributed by atoms with van der Waals surface area (Å²) in [6, 6.07) is 4.37. The Bertz CT molecular complexity index is 696. The first-order chi connectivity index (χ1) is 13.0. The lowest BCUT2D eigenvalue weighted by Gasteiger charge is -2.21. The summed E-state index contributed by atoms with van der Waals surface area (Å²) in [4.78, 5) is 38.4. The summed E-state index contributed by atoms with van der Waals surface area (Å²) in [5, 5.41) is 14.3. The molecular formula is C17H24N4O6. The number of amides is 2. The Morgan fingerprint density at radius 1 is 1.19 bits per heavy atom. The zero-order valence-electron chi connectivity index (χ0n) is 15.5. The van der Waals surface area contributed by atoms with Gasteiger partial charge >= 0.3 is 6.09 Å². The number of methoxy groups -OCH3 is 2. The van der Waals surface area contributed by atoms with Crippen LogP contribution in [0.4, 0.5) is 16.2 Å². The van der Waals surface area contributed by atoms with Crippen molar-refractivity contribution in [2.24, 2.45) is 0 Å². The van der Waals surface area contributed by atoms with Crippen molar-refractivity contribution in [3.8, 4) is 0 Å². The van der Waals surface area contributed by atoms with E-state index in [4.69, 9.17) is 9.47 Å². The molecule has 1 aromatic rings. The maximum atomic E-state index is 12.8. The molecule has 1 aliphatic heterocycles. The van der Waals surface area contributed by atoms with Gasteiger partial charge in [-0.05, 0) is 18.6 Å². The van der Waals surface area contributed by atoms with Crippen molar-refractivity contribution in [2.45, 2.75) is 6.42 Å². The van der Waals surface area contributed by atoms with Crippen LogP contribution in [-0.4, -0.2) is 80.3 Å². The van der Waals surface area contributed by atoms with E-state index in [0.717, 1.165) is 0 Å². The summed E-state index contributed by atoms with van der Waals surface area (Å²) in [7, 11) is 2.86. The number of nitro groups is 1. The molecule has 10 heteroatoms. The number of carbonyl (C=O) groups is 2. The standard InChI is InChI=1S/C17H24N4O6/c1-26-11-6-18-14-5-4-13(12-15(14)21(24)25)16(22)19-7-3-8-20(10-9-19)17(23)27-2/h4-5,12,18H,3,6-11H2,1-2H3. The van der Waals surface area contributed by atoms with Gasteiger partial charge in [-0.25, -0.2) is 4.79 Å². The van der Waals surface area contributed by atoms with E-state index in [2.05, 4.69) is 5.32 Å². The lowest BCUT2D eigenvalue weighted by Crippen LogP contribution is -2.37. The van der Waals surface area contributed by atoms with E-state index >= 15 is 0 Å². The topological polar surface area (TPSA) is 114 Å². The second-order valence-electron chi connectivity index (χ2n) is 6.01. The van der Waals surface area contributed by atoms with Crippen LogP contribution in [0, 0.1) is 10.1 Å². The van der Waals surface area contributed by atoms with Crippen LogP contribution in [0.15, 0.2) is 18.2 Å². The lowest BCUT2D eigenvalue weighted by molar-refractivity contribution is -0.384. The first-order valence-electron chi connectivity index (χ1n) is 8.61. The molecule has 1 heterocycles. The van der Waals surface area contributed by atoms with E-state index in [0.29, 0.717) is 51.4 Å². The molecule has 27 heavy (non-hydrogen) atoms. The molecule has 1 aromatic carbocycles. The van der Waals surface area contributed by atoms with Crippen LogP contribution in [0.2, 0.25) is 0 Å². The van der Waals surface area contributed by atoms with Gasteiger partial charge in [-0.2, -0.15) is 0 Å². The van der Waals surface area contributed by atoms with E-state index < -0.39 is 11.0 Å². The smallest absolute Gasteiger partial charge is 0.409 e. The minimum absolute atomic E-state index is 0.164. The maximum Gasteiger partial charge on any atom is 0.409 e. The highest BCUT2D eigenvalue weighted by molar-refractivity contribution is 5.95. The van der Waals surface area contributed by atoms with Crippen LogP contribution < -0.4 is 5.32 Å². The molecule has 0 aromatic heterocycles. The number of ether oxygens (including phenoxy) is 2. The largest absolute Gasteiger partial charge is 0.453 e. The molecule has 0 atom stereocenters. The molecule has 1 N–H and O–H groups in total. The van der Waals surface area contributed by atoms with E-state index in [1.165, 1.54) is 19.2 Å². The first-order valence-corrected chi connectivity index (χ1v) is 8.61. The number of anilines is 1. The molecule has 1 fully saturated rings. The highest BCUT2D eigenvalue weighted by atomic mass is 16.6. The number of hydrogen-bond acceptors (Lipinski definition) is 7. The van der Waals surface area contributed by atoms with Gasteiger partial charge in [-0.3, -0.25) is 14.9 Å². The Hall–Kier alpha value is -2.88. The van der Waals surface area contributed by atoms with Gasteiger partial charge in [-0.1, -0.05) is 0 Å². The Labute approximate surface area is 157 Å². The Balaban J connectivity index is 2.12. The van der Waals surface area contributed by atoms with E-state index in [1.54, 1.807) is 23.0 Å². The maximum absolute atomic E-state index is 12.8. The Morgan fingerprint density at radius 2 is 1.89 bits per heavy atom. The minimum Gasteiger partial charge on any atom is -0.453 e. The summed E-state index contributed by atoms with van der Waals surface area (Å²) in [6.07, 6.45) is 0.186. The average molecular weight is 380 g/mol. The third-order valence-corrected chi connectivity index (χ3v) is 4.28. The molecule has 10 nitrogen and oxygen atoms in total. The molecule has 2 amide bonds. The molecule has 0 saturated carbocycles. The van der Waals surface area contributed by atoms with Gasteiger partial charge in [0.25, 0.3) is 11.6 Å². The highest BCUT2D eigenvalue weighted by Gasteiger charge is 2.25. The van der Waals surface area contributed by atoms with Gasteiger partial charge in [0.05, 0.1) is 18.6 Å². The average Bonchev–Trinajstić information content (AvgIpc) is 2.93. The molecule has 148 valence electrons. The van der Waals surface area contributed by atoms with Crippen LogP contribution in [-0.2, 0) is 9.47 Å². The van der Waals surface area contributed by atoms with Crippen molar-refractivity contribution in [2.75, 3.05) is 58.9 Å². The molecule has 0 radical (unpaired) electrons. The molecule has 0 unspecified atom stereocenters. The number of nitrogens with zero attached hydrogens (tertiary/aromatic N) is 3. The van der Waals surface area contributed by atoms with Crippen LogP contribution in [0.5, 0.6) is 0 Å². The van der Waals surface area contributed by atoms with Crippen molar-refractivity contribution in [1.82, 2.24) is 9.80 Å². The fourth-order valence-corrected chi connectivity index (χ4v) is 2.87. The van der Waals surface area contributed by atoms with Gasteiger partial charge in [0.2, 0.25) is 0 Å². The Kier molecular flexibility index (Phi) is 7.35. The van der Waals surface area contributed by atoms with Crippen molar-refractivity contribution in [1.29, 1.82) is 0 Å². The number of nitro benzene ring substituents is 1. The predicted octanol–water partition coefficient (Wildman–Crippen LogP) is 1.57. The normalized spacial score (nSPS) is 14.4. The van der Waals surface area contributed by atoms with Crippen molar-refractivity contribution < 1.29 is 24.0 Å². The van der Waals surface area contributed by atoms with Gasteiger partial charge in [0.15, 0.2) is 0 Å². The van der Waals surface area contributed by atoms with Crippen molar-refractivity contribution >= 4 is 23.4 Å². The quantitative estimate of drug-likeness (QED) is 0.452. The fraction of sp³-hybridized carbons (Fsp3) is 0.529. The number of carbonyl (C=O) groups excluding carboxylic acids is 2. The molecule has 0 bridgehead atoms. The molecule has 0 spiro atoms. The summed E-state index contributed by atoms with van der Waals surface area (Å²) >= 11 is 0.